The highest BCUT2D eigenvalue weighted by atomic mass is 79.9. The van der Waals surface area contributed by atoms with Crippen LogP contribution in [0.4, 0.5) is 0 Å². The average Bonchev–Trinajstić information content (AvgIpc) is 2.52. The second kappa shape index (κ2) is 3.22. The van der Waals surface area contributed by atoms with Crippen LogP contribution in [0, 0.1) is 0 Å². The number of hydrogen-bond donors (Lipinski definition) is 1. The number of rotatable bonds is 1. The zero-order valence-electron chi connectivity index (χ0n) is 6.81. The molecule has 2 rings (SSSR count). The molecule has 0 aliphatic heterocycles. The molecule has 0 aliphatic carbocycles. The quantitative estimate of drug-likeness (QED) is 0.772. The summed E-state index contributed by atoms with van der Waals surface area (Å²) in [6, 6.07) is 7.94. The number of hydrogen-bond acceptors (Lipinski definition) is 2. The zero-order valence-corrected chi connectivity index (χ0v) is 8.40. The van der Waals surface area contributed by atoms with Crippen LogP contribution >= 0.6 is 15.9 Å². The van der Waals surface area contributed by atoms with Gasteiger partial charge in [0, 0.05) is 10.0 Å². The minimum Gasteiger partial charge on any atom is -0.338 e. The lowest BCUT2D eigenvalue weighted by atomic mass is 10.2. The molecule has 0 fully saturated rings. The Morgan fingerprint density at radius 3 is 2.85 bits per heavy atom. The Balaban J connectivity index is 2.46. The summed E-state index contributed by atoms with van der Waals surface area (Å²) >= 11 is 3.40. The summed E-state index contributed by atoms with van der Waals surface area (Å²) in [6.45, 7) is 0. The molecule has 13 heavy (non-hydrogen) atoms. The minimum atomic E-state index is 0.879. The van der Waals surface area contributed by atoms with E-state index in [0.717, 1.165) is 15.7 Å². The number of nitrogens with two attached hydrogens (primary N) is 1. The van der Waals surface area contributed by atoms with Crippen LogP contribution in [0.3, 0.4) is 0 Å². The maximum Gasteiger partial charge on any atom is 0.114 e. The van der Waals surface area contributed by atoms with Gasteiger partial charge in [0.05, 0.1) is 11.9 Å². The van der Waals surface area contributed by atoms with E-state index in [9.17, 15) is 0 Å². The summed E-state index contributed by atoms with van der Waals surface area (Å²) in [5.41, 5.74) is 1.93. The lowest BCUT2D eigenvalue weighted by molar-refractivity contribution is 1.00. The van der Waals surface area contributed by atoms with Gasteiger partial charge in [0.1, 0.15) is 6.33 Å². The largest absolute Gasteiger partial charge is 0.338 e. The van der Waals surface area contributed by atoms with Crippen molar-refractivity contribution >= 4 is 15.9 Å². The van der Waals surface area contributed by atoms with E-state index < -0.39 is 0 Å². The third kappa shape index (κ3) is 1.72. The molecule has 1 heterocycles. The van der Waals surface area contributed by atoms with Gasteiger partial charge < -0.3 is 5.84 Å². The minimum absolute atomic E-state index is 0.879. The van der Waals surface area contributed by atoms with Crippen molar-refractivity contribution < 1.29 is 0 Å². The van der Waals surface area contributed by atoms with Crippen molar-refractivity contribution in [2.24, 2.45) is 0 Å². The van der Waals surface area contributed by atoms with Gasteiger partial charge in [0.2, 0.25) is 0 Å². The van der Waals surface area contributed by atoms with Gasteiger partial charge in [-0.2, -0.15) is 0 Å². The summed E-state index contributed by atoms with van der Waals surface area (Å²) in [4.78, 5) is 4.14. The van der Waals surface area contributed by atoms with Crippen molar-refractivity contribution in [3.8, 4) is 11.3 Å². The monoisotopic (exact) mass is 237 g/mol. The van der Waals surface area contributed by atoms with E-state index in [2.05, 4.69) is 20.9 Å². The highest BCUT2D eigenvalue weighted by molar-refractivity contribution is 9.10. The van der Waals surface area contributed by atoms with Gasteiger partial charge in [0.15, 0.2) is 0 Å². The van der Waals surface area contributed by atoms with E-state index >= 15 is 0 Å². The first kappa shape index (κ1) is 8.31. The summed E-state index contributed by atoms with van der Waals surface area (Å²) in [5.74, 6) is 5.50. The molecule has 0 atom stereocenters. The molecule has 0 aliphatic rings. The van der Waals surface area contributed by atoms with Gasteiger partial charge in [-0.1, -0.05) is 28.1 Å². The highest BCUT2D eigenvalue weighted by Gasteiger charge is 2.00. The molecule has 2 aromatic rings. The van der Waals surface area contributed by atoms with Crippen LogP contribution < -0.4 is 5.84 Å². The Kier molecular flexibility index (Phi) is 2.06. The Morgan fingerprint density at radius 2 is 2.23 bits per heavy atom. The second-order valence-electron chi connectivity index (χ2n) is 2.72. The van der Waals surface area contributed by atoms with Crippen molar-refractivity contribution in [3.05, 3.63) is 41.3 Å². The molecule has 0 spiro atoms. The van der Waals surface area contributed by atoms with Crippen molar-refractivity contribution in [2.75, 3.05) is 5.84 Å². The molecule has 2 N–H and O–H groups in total. The first-order valence-electron chi connectivity index (χ1n) is 3.81. The number of halogens is 1. The molecular weight excluding hydrogens is 230 g/mol. The van der Waals surface area contributed by atoms with Crippen molar-refractivity contribution in [1.29, 1.82) is 0 Å². The summed E-state index contributed by atoms with van der Waals surface area (Å²) in [7, 11) is 0. The fourth-order valence-corrected chi connectivity index (χ4v) is 1.53. The Labute approximate surface area is 84.3 Å². The van der Waals surface area contributed by atoms with Gasteiger partial charge >= 0.3 is 0 Å². The second-order valence-corrected chi connectivity index (χ2v) is 3.63. The molecule has 0 saturated heterocycles. The Morgan fingerprint density at radius 1 is 1.38 bits per heavy atom. The van der Waals surface area contributed by atoms with Crippen LogP contribution in [-0.4, -0.2) is 9.66 Å². The fourth-order valence-electron chi connectivity index (χ4n) is 1.13. The van der Waals surface area contributed by atoms with Crippen molar-refractivity contribution in [3.63, 3.8) is 0 Å². The van der Waals surface area contributed by atoms with Crippen molar-refractivity contribution in [2.45, 2.75) is 0 Å². The maximum atomic E-state index is 5.50. The van der Waals surface area contributed by atoms with Crippen LogP contribution in [0.1, 0.15) is 0 Å². The SMILES string of the molecule is Nn1cnc(-c2cccc(Br)c2)c1. The smallest absolute Gasteiger partial charge is 0.114 e. The predicted octanol–water partition coefficient (Wildman–Crippen LogP) is 2.03. The number of nitrogen functional groups attached to an aromatic ring is 1. The highest BCUT2D eigenvalue weighted by Crippen LogP contribution is 2.20. The molecule has 1 aromatic carbocycles. The number of aromatic nitrogens is 2. The molecular formula is C9H8BrN3. The molecule has 4 heteroatoms. The molecule has 0 radical (unpaired) electrons. The molecule has 0 amide bonds. The summed E-state index contributed by atoms with van der Waals surface area (Å²) < 4.78 is 2.48. The van der Waals surface area contributed by atoms with Crippen LogP contribution in [0.2, 0.25) is 0 Å². The van der Waals surface area contributed by atoms with E-state index in [1.165, 1.54) is 4.68 Å². The first-order chi connectivity index (χ1) is 6.25. The standard InChI is InChI=1S/C9H8BrN3/c10-8-3-1-2-7(4-8)9-5-13(11)6-12-9/h1-6H,11H2. The fraction of sp³-hybridized carbons (Fsp3) is 0. The van der Waals surface area contributed by atoms with E-state index in [1.807, 2.05) is 24.3 Å². The molecule has 1 aromatic heterocycles. The summed E-state index contributed by atoms with van der Waals surface area (Å²) in [6.07, 6.45) is 3.36. The van der Waals surface area contributed by atoms with E-state index in [1.54, 1.807) is 12.5 Å². The number of benzene rings is 1. The van der Waals surface area contributed by atoms with Gasteiger partial charge in [-0.15, -0.1) is 0 Å². The molecule has 0 unspecified atom stereocenters. The van der Waals surface area contributed by atoms with E-state index in [0.29, 0.717) is 0 Å². The number of nitrogens with zero attached hydrogens (tertiary/aromatic N) is 2. The topological polar surface area (TPSA) is 43.8 Å². The normalized spacial score (nSPS) is 10.2. The van der Waals surface area contributed by atoms with Crippen LogP contribution in [0.15, 0.2) is 41.3 Å². The molecule has 0 saturated carbocycles. The molecule has 66 valence electrons. The predicted molar refractivity (Wildman–Crippen MR) is 55.5 cm³/mol. The van der Waals surface area contributed by atoms with Crippen LogP contribution in [0.5, 0.6) is 0 Å². The van der Waals surface area contributed by atoms with Crippen LogP contribution in [0.25, 0.3) is 11.3 Å². The number of imidazole rings is 1. The van der Waals surface area contributed by atoms with E-state index in [-0.39, 0.29) is 0 Å². The first-order valence-corrected chi connectivity index (χ1v) is 4.60. The Bertz CT molecular complexity index is 422. The lowest BCUT2D eigenvalue weighted by Crippen LogP contribution is -2.02. The van der Waals surface area contributed by atoms with Crippen LogP contribution in [-0.2, 0) is 0 Å². The maximum absolute atomic E-state index is 5.50. The van der Waals surface area contributed by atoms with E-state index in [4.69, 9.17) is 5.84 Å². The lowest BCUT2D eigenvalue weighted by Gasteiger charge is -1.95. The molecule has 0 bridgehead atoms. The Hall–Kier alpha value is -1.29. The third-order valence-electron chi connectivity index (χ3n) is 1.72. The zero-order chi connectivity index (χ0) is 9.26. The molecule has 3 nitrogen and oxygen atoms in total. The summed E-state index contributed by atoms with van der Waals surface area (Å²) in [5, 5.41) is 0. The van der Waals surface area contributed by atoms with Gasteiger partial charge in [-0.25, -0.2) is 4.98 Å². The van der Waals surface area contributed by atoms with Gasteiger partial charge in [-0.05, 0) is 12.1 Å². The third-order valence-corrected chi connectivity index (χ3v) is 2.22. The average molecular weight is 238 g/mol. The van der Waals surface area contributed by atoms with Gasteiger partial charge in [0.25, 0.3) is 0 Å². The van der Waals surface area contributed by atoms with Crippen molar-refractivity contribution in [1.82, 2.24) is 9.66 Å². The van der Waals surface area contributed by atoms with Gasteiger partial charge in [-0.3, -0.25) is 4.68 Å².